The Labute approximate surface area is 268 Å². The van der Waals surface area contributed by atoms with E-state index in [4.69, 9.17) is 38.9 Å². The van der Waals surface area contributed by atoms with E-state index in [1.807, 2.05) is 6.92 Å². The van der Waals surface area contributed by atoms with E-state index in [0.29, 0.717) is 102 Å². The summed E-state index contributed by atoms with van der Waals surface area (Å²) >= 11 is 0. The Morgan fingerprint density at radius 3 is 1.72 bits per heavy atom. The first-order valence-electron chi connectivity index (χ1n) is 14.8. The van der Waals surface area contributed by atoms with Gasteiger partial charge in [0.1, 0.15) is 6.61 Å². The van der Waals surface area contributed by atoms with Crippen LogP contribution in [-0.4, -0.2) is 128 Å². The van der Waals surface area contributed by atoms with E-state index in [2.05, 4.69) is 15.5 Å². The molecule has 17 heteroatoms. The maximum Gasteiger partial charge on any atom is 0.534 e. The van der Waals surface area contributed by atoms with Crippen molar-refractivity contribution in [3.63, 3.8) is 0 Å². The predicted octanol–water partition coefficient (Wildman–Crippen LogP) is 0.153. The number of imide groups is 1. The molecular weight excluding hydrogens is 612 g/mol. The third-order valence-corrected chi connectivity index (χ3v) is 5.44. The van der Waals surface area contributed by atoms with Crippen LogP contribution in [0.3, 0.4) is 0 Å². The van der Waals surface area contributed by atoms with Gasteiger partial charge in [0.05, 0.1) is 79.2 Å². The van der Waals surface area contributed by atoms with Gasteiger partial charge < -0.3 is 49.5 Å². The first kappa shape index (κ1) is 40.3. The number of carbonyl (C=O) groups excluding carboxylic acids is 5. The Bertz CT molecular complexity index is 964. The largest absolute Gasteiger partial charge is 0.534 e. The van der Waals surface area contributed by atoms with Crippen molar-refractivity contribution in [1.82, 2.24) is 10.4 Å². The highest BCUT2D eigenvalue weighted by Gasteiger charge is 2.33. The summed E-state index contributed by atoms with van der Waals surface area (Å²) in [7, 11) is 0. The molecule has 0 unspecified atom stereocenters. The molecule has 1 aliphatic rings. The van der Waals surface area contributed by atoms with Gasteiger partial charge in [0, 0.05) is 31.7 Å². The van der Waals surface area contributed by atoms with Crippen molar-refractivity contribution in [2.24, 2.45) is 5.73 Å². The van der Waals surface area contributed by atoms with Gasteiger partial charge in [0.25, 0.3) is 11.8 Å². The van der Waals surface area contributed by atoms with Crippen LogP contribution < -0.4 is 16.4 Å². The molecule has 1 heterocycles. The molecule has 1 fully saturated rings. The molecule has 0 atom stereocenters. The van der Waals surface area contributed by atoms with Crippen molar-refractivity contribution in [2.75, 3.05) is 97.7 Å². The lowest BCUT2D eigenvalue weighted by atomic mass is 10.2. The van der Waals surface area contributed by atoms with Gasteiger partial charge in [-0.25, -0.2) is 4.79 Å². The predicted molar refractivity (Wildman–Crippen MR) is 161 cm³/mol. The zero-order valence-corrected chi connectivity index (χ0v) is 26.2. The first-order valence-corrected chi connectivity index (χ1v) is 14.8. The molecule has 4 N–H and O–H groups in total. The topological polar surface area (TPSA) is 213 Å². The number of carbonyl (C=O) groups is 5. The number of nitrogens with two attached hydrogens (primary N) is 1. The minimum Gasteiger partial charge on any atom is -0.428 e. The SMILES string of the molecule is CCOCCOCCOCCOCCOCCOCCN.O=CNCC(=O)Nc1ccc(COC(=O)ON2C(=O)CCC2=O)cc1. The number of rotatable bonds is 25. The number of benzene rings is 1. The van der Waals surface area contributed by atoms with E-state index in [0.717, 1.165) is 6.61 Å². The summed E-state index contributed by atoms with van der Waals surface area (Å²) in [6.45, 7) is 9.31. The molecule has 1 aromatic rings. The van der Waals surface area contributed by atoms with Gasteiger partial charge in [-0.2, -0.15) is 0 Å². The smallest absolute Gasteiger partial charge is 0.428 e. The molecule has 0 aromatic heterocycles. The molecule has 1 aromatic carbocycles. The van der Waals surface area contributed by atoms with E-state index in [9.17, 15) is 24.0 Å². The van der Waals surface area contributed by atoms with Crippen LogP contribution in [0.15, 0.2) is 24.3 Å². The standard InChI is InChI=1S/C15H15N3O7.C14H31NO6/c19-9-16-7-12(20)17-11-3-1-10(2-4-11)8-24-15(23)25-18-13(21)5-6-14(18)22;1-2-16-5-6-18-9-10-20-13-14-21-12-11-19-8-7-17-4-3-15/h1-4,9H,5-8H2,(H,16,19)(H,17,20);2-15H2,1H3. The number of hydrogen-bond donors (Lipinski definition) is 3. The number of nitrogens with zero attached hydrogens (tertiary/aromatic N) is 1. The molecule has 17 nitrogen and oxygen atoms in total. The first-order chi connectivity index (χ1) is 22.4. The van der Waals surface area contributed by atoms with Crippen LogP contribution in [-0.2, 0) is 63.8 Å². The van der Waals surface area contributed by atoms with Crippen LogP contribution in [0, 0.1) is 0 Å². The summed E-state index contributed by atoms with van der Waals surface area (Å²) < 4.78 is 36.4. The van der Waals surface area contributed by atoms with Gasteiger partial charge in [-0.1, -0.05) is 17.2 Å². The number of nitrogens with one attached hydrogen (secondary N) is 2. The molecule has 0 spiro atoms. The van der Waals surface area contributed by atoms with Gasteiger partial charge in [-0.3, -0.25) is 24.0 Å². The van der Waals surface area contributed by atoms with E-state index in [-0.39, 0.29) is 31.9 Å². The van der Waals surface area contributed by atoms with Gasteiger partial charge in [0.15, 0.2) is 0 Å². The summed E-state index contributed by atoms with van der Waals surface area (Å²) in [5.74, 6) is -1.57. The lowest BCUT2D eigenvalue weighted by Crippen LogP contribution is -2.32. The van der Waals surface area contributed by atoms with Gasteiger partial charge in [0.2, 0.25) is 12.3 Å². The lowest BCUT2D eigenvalue weighted by molar-refractivity contribution is -0.177. The molecule has 0 bridgehead atoms. The monoisotopic (exact) mass is 658 g/mol. The molecule has 4 amide bonds. The average Bonchev–Trinajstić information content (AvgIpc) is 3.37. The zero-order valence-electron chi connectivity index (χ0n) is 26.2. The molecule has 2 rings (SSSR count). The fourth-order valence-electron chi connectivity index (χ4n) is 3.25. The number of amides is 4. The van der Waals surface area contributed by atoms with Crippen LogP contribution >= 0.6 is 0 Å². The summed E-state index contributed by atoms with van der Waals surface area (Å²) in [4.78, 5) is 60.2. The minimum absolute atomic E-state index is 0.00165. The van der Waals surface area contributed by atoms with Gasteiger partial charge in [-0.15, -0.1) is 0 Å². The second-order valence-electron chi connectivity index (χ2n) is 9.00. The van der Waals surface area contributed by atoms with Crippen LogP contribution in [0.2, 0.25) is 0 Å². The van der Waals surface area contributed by atoms with Crippen molar-refractivity contribution < 1.29 is 62.0 Å². The Morgan fingerprint density at radius 1 is 0.783 bits per heavy atom. The number of hydroxylamine groups is 2. The lowest BCUT2D eigenvalue weighted by Gasteiger charge is -2.12. The molecule has 1 saturated heterocycles. The van der Waals surface area contributed by atoms with Crippen molar-refractivity contribution >= 4 is 36.0 Å². The van der Waals surface area contributed by atoms with Gasteiger partial charge in [-0.05, 0) is 24.6 Å². The van der Waals surface area contributed by atoms with Crippen molar-refractivity contribution in [3.8, 4) is 0 Å². The van der Waals surface area contributed by atoms with Gasteiger partial charge >= 0.3 is 6.16 Å². The second kappa shape index (κ2) is 27.6. The van der Waals surface area contributed by atoms with Crippen molar-refractivity contribution in [2.45, 2.75) is 26.4 Å². The summed E-state index contributed by atoms with van der Waals surface area (Å²) in [6, 6.07) is 6.36. The Balaban J connectivity index is 0.000000469. The van der Waals surface area contributed by atoms with E-state index >= 15 is 0 Å². The average molecular weight is 659 g/mol. The number of hydrogen-bond acceptors (Lipinski definition) is 14. The third kappa shape index (κ3) is 21.1. The molecule has 0 aliphatic carbocycles. The summed E-state index contributed by atoms with van der Waals surface area (Å²) in [5.41, 5.74) is 6.38. The van der Waals surface area contributed by atoms with Crippen molar-refractivity contribution in [3.05, 3.63) is 29.8 Å². The highest BCUT2D eigenvalue weighted by Crippen LogP contribution is 2.14. The zero-order chi connectivity index (χ0) is 33.7. The quantitative estimate of drug-likeness (QED) is 0.0553. The maximum atomic E-state index is 11.5. The van der Waals surface area contributed by atoms with Crippen LogP contribution in [0.25, 0.3) is 0 Å². The fraction of sp³-hybridized carbons (Fsp3) is 0.621. The van der Waals surface area contributed by atoms with Crippen LogP contribution in [0.5, 0.6) is 0 Å². The molecule has 46 heavy (non-hydrogen) atoms. The normalized spacial score (nSPS) is 12.3. The molecule has 1 aliphatic heterocycles. The van der Waals surface area contributed by atoms with Crippen molar-refractivity contribution in [1.29, 1.82) is 0 Å². The number of anilines is 1. The Morgan fingerprint density at radius 2 is 1.26 bits per heavy atom. The highest BCUT2D eigenvalue weighted by atomic mass is 16.8. The fourth-order valence-corrected chi connectivity index (χ4v) is 3.25. The number of ether oxygens (including phenoxy) is 7. The highest BCUT2D eigenvalue weighted by molar-refractivity contribution is 6.01. The molecule has 0 saturated carbocycles. The Hall–Kier alpha value is -3.71. The third-order valence-electron chi connectivity index (χ3n) is 5.44. The van der Waals surface area contributed by atoms with Crippen LogP contribution in [0.1, 0.15) is 25.3 Å². The van der Waals surface area contributed by atoms with Crippen LogP contribution in [0.4, 0.5) is 10.5 Å². The molecule has 0 radical (unpaired) electrons. The minimum atomic E-state index is -1.17. The molecule has 260 valence electrons. The Kier molecular flexibility index (Phi) is 24.2. The summed E-state index contributed by atoms with van der Waals surface area (Å²) in [6.07, 6.45) is -0.743. The maximum absolute atomic E-state index is 11.5. The molecular formula is C29H46N4O13. The van der Waals surface area contributed by atoms with E-state index in [1.165, 1.54) is 0 Å². The van der Waals surface area contributed by atoms with E-state index < -0.39 is 18.0 Å². The second-order valence-corrected chi connectivity index (χ2v) is 9.00. The summed E-state index contributed by atoms with van der Waals surface area (Å²) in [5, 5.41) is 5.18. The van der Waals surface area contributed by atoms with E-state index in [1.54, 1.807) is 24.3 Å².